The summed E-state index contributed by atoms with van der Waals surface area (Å²) >= 11 is 3.27. The molecular weight excluding hydrogens is 382 g/mol. The molecular formula is C18H17N5O2S2. The van der Waals surface area contributed by atoms with Gasteiger partial charge in [0, 0.05) is 36.9 Å². The SMILES string of the molecule is Cc1nc2c(cc(OCC(=O)NCCNc3ncccn3)c3ccsc32)s1. The fourth-order valence-electron chi connectivity index (χ4n) is 2.67. The number of hydrogen-bond acceptors (Lipinski definition) is 8. The predicted molar refractivity (Wildman–Crippen MR) is 109 cm³/mol. The van der Waals surface area contributed by atoms with Crippen LogP contribution in [0, 0.1) is 6.92 Å². The average Bonchev–Trinajstić information content (AvgIpc) is 3.30. The van der Waals surface area contributed by atoms with E-state index in [0.29, 0.717) is 24.8 Å². The Balaban J connectivity index is 1.34. The molecule has 0 atom stereocenters. The quantitative estimate of drug-likeness (QED) is 0.464. The number of benzene rings is 1. The molecule has 27 heavy (non-hydrogen) atoms. The number of rotatable bonds is 7. The Hall–Kier alpha value is -2.78. The highest BCUT2D eigenvalue weighted by Crippen LogP contribution is 2.38. The molecule has 1 amide bonds. The molecule has 0 bridgehead atoms. The molecule has 0 radical (unpaired) electrons. The van der Waals surface area contributed by atoms with Gasteiger partial charge in [-0.15, -0.1) is 22.7 Å². The van der Waals surface area contributed by atoms with Crippen molar-refractivity contribution in [1.82, 2.24) is 20.3 Å². The van der Waals surface area contributed by atoms with Crippen LogP contribution in [0.5, 0.6) is 5.75 Å². The first kappa shape index (κ1) is 17.6. The predicted octanol–water partition coefficient (Wildman–Crippen LogP) is 3.22. The molecule has 3 aromatic heterocycles. The minimum Gasteiger partial charge on any atom is -0.483 e. The summed E-state index contributed by atoms with van der Waals surface area (Å²) in [6.07, 6.45) is 3.32. The lowest BCUT2D eigenvalue weighted by atomic mass is 10.2. The molecule has 0 aliphatic rings. The lowest BCUT2D eigenvalue weighted by Crippen LogP contribution is -2.32. The normalized spacial score (nSPS) is 11.0. The summed E-state index contributed by atoms with van der Waals surface area (Å²) in [5.74, 6) is 1.08. The summed E-state index contributed by atoms with van der Waals surface area (Å²) in [5.41, 5.74) is 1.01. The summed E-state index contributed by atoms with van der Waals surface area (Å²) in [6.45, 7) is 2.96. The molecule has 0 unspecified atom stereocenters. The Morgan fingerprint density at radius 1 is 1.26 bits per heavy atom. The zero-order valence-electron chi connectivity index (χ0n) is 14.6. The van der Waals surface area contributed by atoms with Crippen molar-refractivity contribution in [3.63, 3.8) is 0 Å². The van der Waals surface area contributed by atoms with Crippen LogP contribution in [-0.4, -0.2) is 40.6 Å². The Bertz CT molecular complexity index is 1080. The molecule has 138 valence electrons. The van der Waals surface area contributed by atoms with Crippen molar-refractivity contribution in [2.75, 3.05) is 25.0 Å². The maximum absolute atomic E-state index is 12.1. The standard InChI is InChI=1S/C18H17N5O2S2/c1-11-23-16-14(27-11)9-13(12-3-8-26-17(12)16)25-10-15(24)19-6-7-22-18-20-4-2-5-21-18/h2-5,8-9H,6-7,10H2,1H3,(H,19,24)(H,20,21,22). The molecule has 3 heterocycles. The van der Waals surface area contributed by atoms with Gasteiger partial charge in [0.15, 0.2) is 6.61 Å². The number of carbonyl (C=O) groups excluding carboxylic acids is 1. The number of thiazole rings is 1. The van der Waals surface area contributed by atoms with Crippen LogP contribution in [0.15, 0.2) is 36.0 Å². The second-order valence-electron chi connectivity index (χ2n) is 5.76. The van der Waals surface area contributed by atoms with Gasteiger partial charge in [-0.05, 0) is 24.4 Å². The van der Waals surface area contributed by atoms with Crippen molar-refractivity contribution in [1.29, 1.82) is 0 Å². The van der Waals surface area contributed by atoms with E-state index in [9.17, 15) is 4.79 Å². The number of thiophene rings is 1. The van der Waals surface area contributed by atoms with Crippen LogP contribution in [0.1, 0.15) is 5.01 Å². The van der Waals surface area contributed by atoms with Crippen LogP contribution in [0.4, 0.5) is 5.95 Å². The molecule has 0 aliphatic carbocycles. The van der Waals surface area contributed by atoms with Crippen LogP contribution in [0.25, 0.3) is 20.3 Å². The van der Waals surface area contributed by atoms with E-state index in [1.165, 1.54) is 0 Å². The van der Waals surface area contributed by atoms with Gasteiger partial charge in [-0.3, -0.25) is 4.79 Å². The molecule has 0 saturated carbocycles. The minimum atomic E-state index is -0.172. The Kier molecular flexibility index (Phi) is 5.12. The molecule has 7 nitrogen and oxygen atoms in total. The summed E-state index contributed by atoms with van der Waals surface area (Å²) in [4.78, 5) is 24.8. The number of carbonyl (C=O) groups is 1. The van der Waals surface area contributed by atoms with Crippen molar-refractivity contribution in [2.24, 2.45) is 0 Å². The van der Waals surface area contributed by atoms with Gasteiger partial charge in [0.1, 0.15) is 5.75 Å². The van der Waals surface area contributed by atoms with Crippen LogP contribution in [-0.2, 0) is 4.79 Å². The molecule has 2 N–H and O–H groups in total. The van der Waals surface area contributed by atoms with Crippen LogP contribution >= 0.6 is 22.7 Å². The highest BCUT2D eigenvalue weighted by Gasteiger charge is 2.13. The molecule has 4 rings (SSSR count). The van der Waals surface area contributed by atoms with Gasteiger partial charge in [0.2, 0.25) is 5.95 Å². The number of nitrogens with one attached hydrogen (secondary N) is 2. The molecule has 0 spiro atoms. The number of nitrogens with zero attached hydrogens (tertiary/aromatic N) is 3. The number of hydrogen-bond donors (Lipinski definition) is 2. The van der Waals surface area contributed by atoms with Gasteiger partial charge >= 0.3 is 0 Å². The third kappa shape index (κ3) is 3.99. The van der Waals surface area contributed by atoms with Crippen molar-refractivity contribution in [3.8, 4) is 5.75 Å². The minimum absolute atomic E-state index is 0.0317. The maximum atomic E-state index is 12.1. The summed E-state index contributed by atoms with van der Waals surface area (Å²) in [7, 11) is 0. The average molecular weight is 400 g/mol. The van der Waals surface area contributed by atoms with E-state index in [-0.39, 0.29) is 12.5 Å². The first-order chi connectivity index (χ1) is 13.2. The van der Waals surface area contributed by atoms with Gasteiger partial charge in [0.25, 0.3) is 5.91 Å². The Labute approximate surface area is 163 Å². The lowest BCUT2D eigenvalue weighted by molar-refractivity contribution is -0.122. The Morgan fingerprint density at radius 3 is 2.96 bits per heavy atom. The number of aromatic nitrogens is 3. The fourth-order valence-corrected chi connectivity index (χ4v) is 4.50. The van der Waals surface area contributed by atoms with Crippen molar-refractivity contribution in [3.05, 3.63) is 41.0 Å². The number of ether oxygens (including phenoxy) is 1. The number of fused-ring (bicyclic) bond motifs is 3. The highest BCUT2D eigenvalue weighted by atomic mass is 32.1. The van der Waals surface area contributed by atoms with Crippen LogP contribution < -0.4 is 15.4 Å². The Morgan fingerprint density at radius 2 is 2.11 bits per heavy atom. The first-order valence-corrected chi connectivity index (χ1v) is 10.1. The first-order valence-electron chi connectivity index (χ1n) is 8.38. The molecule has 0 aliphatic heterocycles. The third-order valence-electron chi connectivity index (χ3n) is 3.82. The fraction of sp³-hybridized carbons (Fsp3) is 0.222. The molecule has 9 heteroatoms. The molecule has 0 fully saturated rings. The van der Waals surface area contributed by atoms with E-state index in [1.807, 2.05) is 24.4 Å². The largest absolute Gasteiger partial charge is 0.483 e. The zero-order chi connectivity index (χ0) is 18.6. The zero-order valence-corrected chi connectivity index (χ0v) is 16.2. The van der Waals surface area contributed by atoms with Gasteiger partial charge in [0.05, 0.1) is 19.9 Å². The van der Waals surface area contributed by atoms with E-state index in [2.05, 4.69) is 25.6 Å². The summed E-state index contributed by atoms with van der Waals surface area (Å²) in [5, 5.41) is 9.88. The topological polar surface area (TPSA) is 89.0 Å². The summed E-state index contributed by atoms with van der Waals surface area (Å²) in [6, 6.07) is 5.72. The molecule has 1 aromatic carbocycles. The van der Waals surface area contributed by atoms with Gasteiger partial charge < -0.3 is 15.4 Å². The van der Waals surface area contributed by atoms with Crippen molar-refractivity contribution < 1.29 is 9.53 Å². The van der Waals surface area contributed by atoms with Crippen molar-refractivity contribution in [2.45, 2.75) is 6.92 Å². The second kappa shape index (κ2) is 7.85. The molecule has 0 saturated heterocycles. The van der Waals surface area contributed by atoms with E-state index < -0.39 is 0 Å². The molecule has 4 aromatic rings. The lowest BCUT2D eigenvalue weighted by Gasteiger charge is -2.09. The van der Waals surface area contributed by atoms with Crippen LogP contribution in [0.2, 0.25) is 0 Å². The number of amides is 1. The monoisotopic (exact) mass is 399 g/mol. The highest BCUT2D eigenvalue weighted by molar-refractivity contribution is 7.21. The maximum Gasteiger partial charge on any atom is 0.258 e. The third-order valence-corrected chi connectivity index (χ3v) is 5.66. The number of aryl methyl sites for hydroxylation is 1. The van der Waals surface area contributed by atoms with Gasteiger partial charge in [-0.25, -0.2) is 15.0 Å². The van der Waals surface area contributed by atoms with Gasteiger partial charge in [-0.2, -0.15) is 0 Å². The van der Waals surface area contributed by atoms with Gasteiger partial charge in [-0.1, -0.05) is 0 Å². The van der Waals surface area contributed by atoms with E-state index >= 15 is 0 Å². The van der Waals surface area contributed by atoms with E-state index in [4.69, 9.17) is 4.74 Å². The number of anilines is 1. The van der Waals surface area contributed by atoms with Crippen LogP contribution in [0.3, 0.4) is 0 Å². The second-order valence-corrected chi connectivity index (χ2v) is 7.91. The van der Waals surface area contributed by atoms with E-state index in [0.717, 1.165) is 25.3 Å². The summed E-state index contributed by atoms with van der Waals surface area (Å²) < 4.78 is 7.97. The van der Waals surface area contributed by atoms with E-state index in [1.54, 1.807) is 41.1 Å². The van der Waals surface area contributed by atoms with Crippen molar-refractivity contribution >= 4 is 54.8 Å². The smallest absolute Gasteiger partial charge is 0.258 e.